The third-order valence-electron chi connectivity index (χ3n) is 6.73. The summed E-state index contributed by atoms with van der Waals surface area (Å²) in [7, 11) is 3.13. The minimum Gasteiger partial charge on any atom is -0.507 e. The Bertz CT molecular complexity index is 1400. The highest BCUT2D eigenvalue weighted by Gasteiger charge is 2.47. The maximum Gasteiger partial charge on any atom is 0.300 e. The van der Waals surface area contributed by atoms with Crippen molar-refractivity contribution in [1.82, 2.24) is 0 Å². The number of benzene rings is 3. The van der Waals surface area contributed by atoms with Gasteiger partial charge in [0.2, 0.25) is 0 Å². The summed E-state index contributed by atoms with van der Waals surface area (Å²) in [4.78, 5) is 28.5. The number of carbonyl (C=O) groups is 2. The number of anilines is 1. The Morgan fingerprint density at radius 1 is 0.923 bits per heavy atom. The first-order chi connectivity index (χ1) is 18.6. The first-order valence-corrected chi connectivity index (χ1v) is 13.0. The van der Waals surface area contributed by atoms with Crippen LogP contribution in [0.15, 0.2) is 72.3 Å². The number of hydrogen-bond donors (Lipinski definition) is 1. The predicted molar refractivity (Wildman–Crippen MR) is 152 cm³/mol. The summed E-state index contributed by atoms with van der Waals surface area (Å²) >= 11 is 0. The molecule has 1 unspecified atom stereocenters. The molecule has 0 spiro atoms. The van der Waals surface area contributed by atoms with E-state index in [2.05, 4.69) is 0 Å². The van der Waals surface area contributed by atoms with Crippen LogP contribution in [0.25, 0.3) is 5.76 Å². The smallest absolute Gasteiger partial charge is 0.300 e. The molecule has 3 aromatic rings. The number of ketones is 1. The molecule has 1 amide bonds. The van der Waals surface area contributed by atoms with E-state index in [1.165, 1.54) is 12.0 Å². The van der Waals surface area contributed by atoms with Gasteiger partial charge in [-0.05, 0) is 59.9 Å². The first kappa shape index (κ1) is 27.8. The fourth-order valence-corrected chi connectivity index (χ4v) is 4.74. The van der Waals surface area contributed by atoms with E-state index in [0.717, 1.165) is 12.0 Å². The van der Waals surface area contributed by atoms with Gasteiger partial charge in [-0.2, -0.15) is 0 Å². The normalized spacial score (nSPS) is 16.9. The summed E-state index contributed by atoms with van der Waals surface area (Å²) in [6.07, 6.45) is 0.871. The zero-order valence-corrected chi connectivity index (χ0v) is 23.3. The second-order valence-corrected chi connectivity index (χ2v) is 10.5. The number of carbonyl (C=O) groups excluding carboxylic acids is 2. The molecule has 7 nitrogen and oxygen atoms in total. The third kappa shape index (κ3) is 5.48. The molecular formula is C32H35NO6. The van der Waals surface area contributed by atoms with Gasteiger partial charge < -0.3 is 19.3 Å². The van der Waals surface area contributed by atoms with Gasteiger partial charge in [-0.1, -0.05) is 45.9 Å². The van der Waals surface area contributed by atoms with Crippen molar-refractivity contribution in [2.24, 2.45) is 0 Å². The minimum absolute atomic E-state index is 0.00933. The van der Waals surface area contributed by atoms with Gasteiger partial charge in [0.25, 0.3) is 11.7 Å². The number of amides is 1. The van der Waals surface area contributed by atoms with Gasteiger partial charge in [-0.15, -0.1) is 0 Å². The Labute approximate surface area is 229 Å². The molecule has 1 fully saturated rings. The van der Waals surface area contributed by atoms with Gasteiger partial charge in [0.15, 0.2) is 0 Å². The molecule has 204 valence electrons. The van der Waals surface area contributed by atoms with Crippen LogP contribution in [0.1, 0.15) is 56.8 Å². The molecule has 0 saturated carbocycles. The van der Waals surface area contributed by atoms with Gasteiger partial charge >= 0.3 is 0 Å². The van der Waals surface area contributed by atoms with Gasteiger partial charge in [0, 0.05) is 22.9 Å². The Morgan fingerprint density at radius 2 is 1.64 bits per heavy atom. The second kappa shape index (κ2) is 11.2. The summed E-state index contributed by atoms with van der Waals surface area (Å²) in [5.74, 6) is 0.161. The number of nitrogens with zero attached hydrogens (tertiary/aromatic N) is 1. The highest BCUT2D eigenvalue weighted by Crippen LogP contribution is 2.44. The van der Waals surface area contributed by atoms with E-state index in [1.54, 1.807) is 43.5 Å². The second-order valence-electron chi connectivity index (χ2n) is 10.5. The maximum absolute atomic E-state index is 13.6. The Hall–Kier alpha value is -4.26. The van der Waals surface area contributed by atoms with Crippen molar-refractivity contribution in [2.45, 2.75) is 45.6 Å². The number of aliphatic hydroxyl groups is 1. The van der Waals surface area contributed by atoms with Crippen LogP contribution in [-0.2, 0) is 15.0 Å². The van der Waals surface area contributed by atoms with E-state index >= 15 is 0 Å². The average Bonchev–Trinajstić information content (AvgIpc) is 3.20. The van der Waals surface area contributed by atoms with Crippen LogP contribution >= 0.6 is 0 Å². The van der Waals surface area contributed by atoms with Crippen molar-refractivity contribution in [2.75, 3.05) is 25.7 Å². The number of hydrogen-bond acceptors (Lipinski definition) is 6. The van der Waals surface area contributed by atoms with E-state index < -0.39 is 17.7 Å². The number of methoxy groups -OCH3 is 2. The topological polar surface area (TPSA) is 85.3 Å². The van der Waals surface area contributed by atoms with Gasteiger partial charge in [-0.3, -0.25) is 14.5 Å². The molecule has 7 heteroatoms. The van der Waals surface area contributed by atoms with E-state index in [9.17, 15) is 14.7 Å². The third-order valence-corrected chi connectivity index (χ3v) is 6.73. The van der Waals surface area contributed by atoms with Crippen molar-refractivity contribution >= 4 is 23.1 Å². The lowest BCUT2D eigenvalue weighted by molar-refractivity contribution is -0.132. The molecule has 0 aliphatic carbocycles. The predicted octanol–water partition coefficient (Wildman–Crippen LogP) is 6.42. The molecule has 1 N–H and O–H groups in total. The summed E-state index contributed by atoms with van der Waals surface area (Å²) in [6, 6.07) is 18.6. The zero-order chi connectivity index (χ0) is 28.3. The van der Waals surface area contributed by atoms with Crippen LogP contribution in [-0.4, -0.2) is 37.6 Å². The maximum atomic E-state index is 13.6. The van der Waals surface area contributed by atoms with Crippen LogP contribution in [0.4, 0.5) is 5.69 Å². The largest absolute Gasteiger partial charge is 0.507 e. The molecule has 0 radical (unpaired) electrons. The lowest BCUT2D eigenvalue weighted by Gasteiger charge is -2.26. The summed E-state index contributed by atoms with van der Waals surface area (Å²) in [6.45, 7) is 8.73. The first-order valence-electron chi connectivity index (χ1n) is 13.0. The van der Waals surface area contributed by atoms with Crippen LogP contribution < -0.4 is 19.1 Å². The van der Waals surface area contributed by atoms with Gasteiger partial charge in [0.05, 0.1) is 32.4 Å². The molecule has 1 atom stereocenters. The Balaban J connectivity index is 1.92. The molecule has 3 aromatic carbocycles. The summed E-state index contributed by atoms with van der Waals surface area (Å²) in [5.41, 5.74) is 2.16. The molecule has 0 aromatic heterocycles. The lowest BCUT2D eigenvalue weighted by Crippen LogP contribution is -2.29. The van der Waals surface area contributed by atoms with Crippen molar-refractivity contribution in [1.29, 1.82) is 0 Å². The zero-order valence-electron chi connectivity index (χ0n) is 23.3. The van der Waals surface area contributed by atoms with Gasteiger partial charge in [0.1, 0.15) is 23.0 Å². The average molecular weight is 530 g/mol. The monoisotopic (exact) mass is 529 g/mol. The van der Waals surface area contributed by atoms with Crippen molar-refractivity contribution in [3.8, 4) is 17.2 Å². The van der Waals surface area contributed by atoms with Crippen LogP contribution in [0, 0.1) is 0 Å². The molecule has 1 heterocycles. The number of Topliss-reactive ketones (excluding diaryl/α,β-unsaturated/α-hetero) is 1. The quantitative estimate of drug-likeness (QED) is 0.206. The Kier molecular flexibility index (Phi) is 8.00. The van der Waals surface area contributed by atoms with E-state index in [-0.39, 0.29) is 16.7 Å². The molecule has 4 rings (SSSR count). The van der Waals surface area contributed by atoms with E-state index in [4.69, 9.17) is 14.2 Å². The number of aliphatic hydroxyl groups excluding tert-OH is 1. The molecule has 1 aliphatic heterocycles. The highest BCUT2D eigenvalue weighted by molar-refractivity contribution is 6.51. The molecule has 1 saturated heterocycles. The number of rotatable bonds is 8. The summed E-state index contributed by atoms with van der Waals surface area (Å²) < 4.78 is 16.6. The fourth-order valence-electron chi connectivity index (χ4n) is 4.74. The highest BCUT2D eigenvalue weighted by atomic mass is 16.5. The standard InChI is InChI=1S/C32H35NO6/c1-7-17-39-23-14-11-20(12-15-23)28-27(29(34)21-13-16-26(38-6)25(18-21)32(2,3)4)30(35)31(36)33(28)22-9-8-10-24(19-22)37-5/h8-16,18-19,28,34H,7,17H2,1-6H3/b29-27-. The van der Waals surface area contributed by atoms with Crippen molar-refractivity contribution in [3.05, 3.63) is 89.0 Å². The molecular weight excluding hydrogens is 494 g/mol. The van der Waals surface area contributed by atoms with Crippen molar-refractivity contribution in [3.63, 3.8) is 0 Å². The van der Waals surface area contributed by atoms with Crippen molar-refractivity contribution < 1.29 is 28.9 Å². The lowest BCUT2D eigenvalue weighted by atomic mass is 9.84. The minimum atomic E-state index is -0.863. The molecule has 39 heavy (non-hydrogen) atoms. The van der Waals surface area contributed by atoms with Gasteiger partial charge in [-0.25, -0.2) is 0 Å². The fraction of sp³-hybridized carbons (Fsp3) is 0.312. The SMILES string of the molecule is CCCOc1ccc(C2/C(=C(/O)c3ccc(OC)c(C(C)(C)C)c3)C(=O)C(=O)N2c2cccc(OC)c2)cc1. The number of ether oxygens (including phenoxy) is 3. The van der Waals surface area contributed by atoms with Crippen LogP contribution in [0.2, 0.25) is 0 Å². The molecule has 0 bridgehead atoms. The van der Waals surface area contributed by atoms with Crippen LogP contribution in [0.3, 0.4) is 0 Å². The van der Waals surface area contributed by atoms with Crippen LogP contribution in [0.5, 0.6) is 17.2 Å². The van der Waals surface area contributed by atoms with E-state index in [0.29, 0.717) is 40.7 Å². The summed E-state index contributed by atoms with van der Waals surface area (Å²) in [5, 5.41) is 11.6. The van der Waals surface area contributed by atoms with E-state index in [1.807, 2.05) is 58.0 Å². The Morgan fingerprint density at radius 3 is 2.26 bits per heavy atom. The molecule has 1 aliphatic rings.